The minimum absolute atomic E-state index is 0.0871. The summed E-state index contributed by atoms with van der Waals surface area (Å²) in [4.78, 5) is 14.6. The van der Waals surface area contributed by atoms with Crippen LogP contribution in [0.25, 0.3) is 0 Å². The molecule has 1 N–H and O–H groups in total. The molecule has 0 heterocycles. The highest BCUT2D eigenvalue weighted by molar-refractivity contribution is 5.10. The van der Waals surface area contributed by atoms with Crippen LogP contribution in [0.4, 0.5) is 0 Å². The van der Waals surface area contributed by atoms with Crippen molar-refractivity contribution in [3.8, 4) is 0 Å². The summed E-state index contributed by atoms with van der Waals surface area (Å²) in [7, 11) is 4.43. The van der Waals surface area contributed by atoms with E-state index in [0.29, 0.717) is 29.7 Å². The maximum Gasteiger partial charge on any atom is 0.218 e. The summed E-state index contributed by atoms with van der Waals surface area (Å²) in [6, 6.07) is 0.370. The molecule has 9 atom stereocenters. The molecule has 4 unspecified atom stereocenters. The molecule has 5 aliphatic carbocycles. The molecule has 182 valence electrons. The van der Waals surface area contributed by atoms with Crippen LogP contribution < -0.4 is 0 Å². The van der Waals surface area contributed by atoms with Gasteiger partial charge < -0.3 is 10.0 Å². The first-order chi connectivity index (χ1) is 15.1. The summed E-state index contributed by atoms with van der Waals surface area (Å²) in [5, 5.41) is 22.9. The number of rotatable bonds is 3. The van der Waals surface area contributed by atoms with E-state index in [4.69, 9.17) is 0 Å². The lowest BCUT2D eigenvalue weighted by molar-refractivity contribution is -0.541. The van der Waals surface area contributed by atoms with E-state index in [9.17, 15) is 15.2 Å². The van der Waals surface area contributed by atoms with Crippen LogP contribution >= 0.6 is 0 Å². The first-order valence-corrected chi connectivity index (χ1v) is 13.6. The number of nitrogens with zero attached hydrogens (tertiary/aromatic N) is 2. The van der Waals surface area contributed by atoms with Gasteiger partial charge in [-0.05, 0) is 133 Å². The minimum Gasteiger partial charge on any atom is -0.390 e. The van der Waals surface area contributed by atoms with E-state index in [1.54, 1.807) is 0 Å². The lowest BCUT2D eigenvalue weighted by atomic mass is 9.44. The van der Waals surface area contributed by atoms with Gasteiger partial charge in [-0.25, -0.2) is 0 Å². The highest BCUT2D eigenvalue weighted by Gasteiger charge is 2.64. The van der Waals surface area contributed by atoms with Gasteiger partial charge in [0.15, 0.2) is 0 Å². The van der Waals surface area contributed by atoms with Crippen LogP contribution in [0.2, 0.25) is 0 Å². The van der Waals surface area contributed by atoms with Crippen LogP contribution in [0.5, 0.6) is 0 Å². The molecule has 0 saturated heterocycles. The van der Waals surface area contributed by atoms with Gasteiger partial charge in [-0.3, -0.25) is 10.1 Å². The van der Waals surface area contributed by atoms with Crippen molar-refractivity contribution in [3.05, 3.63) is 10.1 Å². The van der Waals surface area contributed by atoms with Gasteiger partial charge in [0.1, 0.15) is 0 Å². The SMILES string of the molecule is CN(C)C1CCC([C@H]2C[C@@]3(C)C(CC[C@@H]3[N+](=O)[O-])C3CC[C@H]4C[C@](C)(O)CCC4C32)CC1. The van der Waals surface area contributed by atoms with Crippen molar-refractivity contribution in [1.29, 1.82) is 0 Å². The standard InChI is InChI=1S/C27H46N2O3/c1-26(30)14-13-20-18(15-26)7-10-21-23-11-12-24(29(31)32)27(23,2)16-22(25(20)21)17-5-8-19(9-6-17)28(3)4/h17-25,30H,5-16H2,1-4H3/t17?,18-,19?,20?,21?,22+,23?,24-,25?,26+,27-/m0/s1. The first-order valence-electron chi connectivity index (χ1n) is 13.6. The minimum atomic E-state index is -0.486. The molecule has 5 fully saturated rings. The molecule has 0 aromatic rings. The van der Waals surface area contributed by atoms with Crippen LogP contribution in [0.15, 0.2) is 0 Å². The molecule has 5 aliphatic rings. The van der Waals surface area contributed by atoms with Gasteiger partial charge in [-0.1, -0.05) is 6.92 Å². The molecule has 5 rings (SSSR count). The predicted octanol–water partition coefficient (Wildman–Crippen LogP) is 5.38. The Kier molecular flexibility index (Phi) is 5.93. The Morgan fingerprint density at radius 3 is 2.19 bits per heavy atom. The van der Waals surface area contributed by atoms with E-state index in [0.717, 1.165) is 49.9 Å². The largest absolute Gasteiger partial charge is 0.390 e. The highest BCUT2D eigenvalue weighted by atomic mass is 16.6. The van der Waals surface area contributed by atoms with Crippen molar-refractivity contribution >= 4 is 0 Å². The van der Waals surface area contributed by atoms with Crippen LogP contribution in [0.3, 0.4) is 0 Å². The van der Waals surface area contributed by atoms with E-state index >= 15 is 0 Å². The fourth-order valence-corrected chi connectivity index (χ4v) is 10.1. The Morgan fingerprint density at radius 1 is 0.844 bits per heavy atom. The molecule has 0 amide bonds. The van der Waals surface area contributed by atoms with E-state index < -0.39 is 5.60 Å². The average molecular weight is 447 g/mol. The summed E-state index contributed by atoms with van der Waals surface area (Å²) >= 11 is 0. The van der Waals surface area contributed by atoms with Crippen LogP contribution in [0, 0.1) is 57.0 Å². The van der Waals surface area contributed by atoms with Crippen molar-refractivity contribution < 1.29 is 10.0 Å². The van der Waals surface area contributed by atoms with Gasteiger partial charge in [-0.2, -0.15) is 0 Å². The Bertz CT molecular complexity index is 716. The number of aliphatic hydroxyl groups is 1. The van der Waals surface area contributed by atoms with Crippen LogP contribution in [-0.2, 0) is 0 Å². The van der Waals surface area contributed by atoms with Crippen molar-refractivity contribution in [2.24, 2.45) is 46.8 Å². The summed E-state index contributed by atoms with van der Waals surface area (Å²) in [6.45, 7) is 4.36. The van der Waals surface area contributed by atoms with E-state index in [2.05, 4.69) is 25.9 Å². The van der Waals surface area contributed by atoms with Crippen molar-refractivity contribution in [1.82, 2.24) is 4.90 Å². The van der Waals surface area contributed by atoms with Crippen LogP contribution in [0.1, 0.15) is 90.9 Å². The van der Waals surface area contributed by atoms with E-state index in [-0.39, 0.29) is 16.4 Å². The fraction of sp³-hybridized carbons (Fsp3) is 1.00. The topological polar surface area (TPSA) is 66.6 Å². The number of nitro groups is 1. The molecular formula is C27H46N2O3. The van der Waals surface area contributed by atoms with Crippen LogP contribution in [-0.4, -0.2) is 46.7 Å². The Labute approximate surface area is 194 Å². The molecule has 5 nitrogen and oxygen atoms in total. The van der Waals surface area contributed by atoms with Crippen molar-refractivity contribution in [2.75, 3.05) is 14.1 Å². The summed E-state index contributed by atoms with van der Waals surface area (Å²) < 4.78 is 0. The second kappa shape index (κ2) is 8.22. The monoisotopic (exact) mass is 446 g/mol. The molecule has 0 aliphatic heterocycles. The number of hydrogen-bond donors (Lipinski definition) is 1. The third kappa shape index (κ3) is 3.74. The fourth-order valence-electron chi connectivity index (χ4n) is 10.1. The molecule has 5 heteroatoms. The van der Waals surface area contributed by atoms with Gasteiger partial charge in [0, 0.05) is 22.8 Å². The maximum absolute atomic E-state index is 12.1. The molecule has 0 aromatic heterocycles. The zero-order chi connectivity index (χ0) is 22.8. The average Bonchev–Trinajstić information content (AvgIpc) is 3.09. The van der Waals surface area contributed by atoms with Gasteiger partial charge >= 0.3 is 0 Å². The Hall–Kier alpha value is -0.680. The lowest BCUT2D eigenvalue weighted by Gasteiger charge is -2.60. The molecule has 32 heavy (non-hydrogen) atoms. The lowest BCUT2D eigenvalue weighted by Crippen LogP contribution is -2.57. The smallest absolute Gasteiger partial charge is 0.218 e. The molecular weight excluding hydrogens is 400 g/mol. The zero-order valence-electron chi connectivity index (χ0n) is 20.8. The third-order valence-corrected chi connectivity index (χ3v) is 11.6. The normalized spacial score (nSPS) is 53.4. The predicted molar refractivity (Wildman–Crippen MR) is 127 cm³/mol. The number of fused-ring (bicyclic) bond motifs is 5. The van der Waals surface area contributed by atoms with Gasteiger partial charge in [-0.15, -0.1) is 0 Å². The molecule has 5 saturated carbocycles. The second-order valence-electron chi connectivity index (χ2n) is 13.4. The van der Waals surface area contributed by atoms with Gasteiger partial charge in [0.2, 0.25) is 6.04 Å². The van der Waals surface area contributed by atoms with Crippen molar-refractivity contribution in [3.63, 3.8) is 0 Å². The summed E-state index contributed by atoms with van der Waals surface area (Å²) in [5.41, 5.74) is -0.596. The zero-order valence-corrected chi connectivity index (χ0v) is 20.8. The van der Waals surface area contributed by atoms with E-state index in [1.807, 2.05) is 6.92 Å². The van der Waals surface area contributed by atoms with Gasteiger partial charge in [0.05, 0.1) is 5.60 Å². The number of hydrogen-bond acceptors (Lipinski definition) is 4. The molecule has 0 bridgehead atoms. The molecule has 0 spiro atoms. The highest BCUT2D eigenvalue weighted by Crippen LogP contribution is 2.66. The quantitative estimate of drug-likeness (QED) is 0.467. The summed E-state index contributed by atoms with van der Waals surface area (Å²) in [5.74, 6) is 4.77. The maximum atomic E-state index is 12.1. The van der Waals surface area contributed by atoms with E-state index in [1.165, 1.54) is 44.9 Å². The third-order valence-electron chi connectivity index (χ3n) is 11.6. The van der Waals surface area contributed by atoms with Crippen molar-refractivity contribution in [2.45, 2.75) is 109 Å². The van der Waals surface area contributed by atoms with Gasteiger partial charge in [0.25, 0.3) is 0 Å². The summed E-state index contributed by atoms with van der Waals surface area (Å²) in [6.07, 6.45) is 13.7. The molecule has 0 radical (unpaired) electrons. The molecule has 0 aromatic carbocycles. The Morgan fingerprint density at radius 2 is 1.53 bits per heavy atom. The first kappa shape index (κ1) is 23.1. The second-order valence-corrected chi connectivity index (χ2v) is 13.4. The Balaban J connectivity index is 1.45.